The lowest BCUT2D eigenvalue weighted by Gasteiger charge is -2.30. The highest BCUT2D eigenvalue weighted by Crippen LogP contribution is 2.42. The number of benzene rings is 5. The molecule has 0 saturated carbocycles. The Bertz CT molecular complexity index is 2290. The van der Waals surface area contributed by atoms with E-state index in [2.05, 4.69) is 20.6 Å². The first kappa shape index (κ1) is 33.0. The number of pyridine rings is 2. The molecule has 2 N–H and O–H groups in total. The van der Waals surface area contributed by atoms with Crippen LogP contribution < -0.4 is 15.5 Å². The van der Waals surface area contributed by atoms with Gasteiger partial charge in [0.1, 0.15) is 0 Å². The van der Waals surface area contributed by atoms with E-state index in [1.807, 2.05) is 48.5 Å². The fourth-order valence-corrected chi connectivity index (χ4v) is 6.26. The summed E-state index contributed by atoms with van der Waals surface area (Å²) in [6, 6.07) is 33.4. The number of carbonyl (C=O) groups excluding carboxylic acids is 2. The number of rotatable bonds is 7. The molecule has 2 amide bonds. The third-order valence-corrected chi connectivity index (χ3v) is 8.65. The maximum absolute atomic E-state index is 14.3. The van der Waals surface area contributed by atoms with Crippen LogP contribution in [0.25, 0.3) is 21.8 Å². The molecule has 0 unspecified atom stereocenters. The molecule has 7 aromatic rings. The van der Waals surface area contributed by atoms with Crippen LogP contribution >= 0.6 is 0 Å². The molecule has 51 heavy (non-hydrogen) atoms. The predicted molar refractivity (Wildman–Crippen MR) is 195 cm³/mol. The normalized spacial score (nSPS) is 11.4. The van der Waals surface area contributed by atoms with Crippen molar-refractivity contribution in [3.05, 3.63) is 162 Å². The summed E-state index contributed by atoms with van der Waals surface area (Å²) in [6.07, 6.45) is -1.28. The van der Waals surface area contributed by atoms with Crippen molar-refractivity contribution in [3.63, 3.8) is 0 Å². The largest absolute Gasteiger partial charge is 0.416 e. The topological polar surface area (TPSA) is 87.2 Å². The van der Waals surface area contributed by atoms with Gasteiger partial charge in [0.2, 0.25) is 0 Å². The monoisotopic (exact) mass is 681 g/mol. The third-order valence-electron chi connectivity index (χ3n) is 8.65. The molecule has 0 aliphatic heterocycles. The number of alkyl halides is 3. The van der Waals surface area contributed by atoms with Gasteiger partial charge in [-0.3, -0.25) is 19.6 Å². The summed E-state index contributed by atoms with van der Waals surface area (Å²) in [5.41, 5.74) is 4.11. The van der Waals surface area contributed by atoms with Crippen LogP contribution in [0.4, 0.5) is 41.6 Å². The Morgan fingerprint density at radius 3 is 1.45 bits per heavy atom. The number of hydrogen-bond acceptors (Lipinski definition) is 5. The third kappa shape index (κ3) is 6.47. The van der Waals surface area contributed by atoms with Crippen LogP contribution in [0.15, 0.2) is 134 Å². The van der Waals surface area contributed by atoms with Gasteiger partial charge in [0.05, 0.1) is 50.5 Å². The summed E-state index contributed by atoms with van der Waals surface area (Å²) in [7, 11) is 0. The molecule has 7 rings (SSSR count). The maximum Gasteiger partial charge on any atom is 0.416 e. The fraction of sp³-hybridized carbons (Fsp3) is 0.0732. The number of carbonyl (C=O) groups is 2. The van der Waals surface area contributed by atoms with Crippen LogP contribution in [0.1, 0.15) is 37.4 Å². The summed E-state index contributed by atoms with van der Waals surface area (Å²) in [4.78, 5) is 39.2. The standard InChI is InChI=1S/C41H30F3N5O2/c1-25-9-3-17-33(35(25)39(50)47-31-15-5-11-27-13-7-23-45-37(27)31)49(30-21-19-29(20-22-30)41(42,43)44)34-18-4-10-26(2)36(34)40(51)48-32-16-6-12-28-14-8-24-46-38(28)32/h3-24H,1-2H3,(H,47,50)(H,48,51). The number of fused-ring (bicyclic) bond motifs is 2. The number of amides is 2. The molecule has 2 heterocycles. The fourth-order valence-electron chi connectivity index (χ4n) is 6.26. The van der Waals surface area contributed by atoms with E-state index < -0.39 is 23.6 Å². The van der Waals surface area contributed by atoms with Gasteiger partial charge in [0.25, 0.3) is 11.8 Å². The van der Waals surface area contributed by atoms with Gasteiger partial charge in [-0.05, 0) is 85.6 Å². The highest BCUT2D eigenvalue weighted by atomic mass is 19.4. The van der Waals surface area contributed by atoms with Gasteiger partial charge in [0, 0.05) is 28.9 Å². The number of anilines is 5. The molecule has 5 aromatic carbocycles. The SMILES string of the molecule is Cc1cccc(N(c2ccc(C(F)(F)F)cc2)c2cccc(C)c2C(=O)Nc2cccc3cccnc23)c1C(=O)Nc1cccc2cccnc12. The van der Waals surface area contributed by atoms with Crippen LogP contribution in [0.3, 0.4) is 0 Å². The summed E-state index contributed by atoms with van der Waals surface area (Å²) in [5, 5.41) is 7.68. The average molecular weight is 682 g/mol. The number of aromatic nitrogens is 2. The lowest BCUT2D eigenvalue weighted by molar-refractivity contribution is -0.137. The van der Waals surface area contributed by atoms with Crippen LogP contribution in [0.2, 0.25) is 0 Å². The summed E-state index contributed by atoms with van der Waals surface area (Å²) < 4.78 is 41.2. The van der Waals surface area contributed by atoms with Crippen LogP contribution in [-0.2, 0) is 6.18 Å². The number of nitrogens with zero attached hydrogens (tertiary/aromatic N) is 3. The number of halogens is 3. The summed E-state index contributed by atoms with van der Waals surface area (Å²) in [5.74, 6) is -0.919. The van der Waals surface area contributed by atoms with Crippen molar-refractivity contribution in [3.8, 4) is 0 Å². The first-order valence-corrected chi connectivity index (χ1v) is 16.1. The molecule has 0 saturated heterocycles. The quantitative estimate of drug-likeness (QED) is 0.175. The first-order chi connectivity index (χ1) is 24.6. The van der Waals surface area contributed by atoms with E-state index in [4.69, 9.17) is 0 Å². The molecule has 7 nitrogen and oxygen atoms in total. The Kier molecular flexibility index (Phi) is 8.66. The Hall–Kier alpha value is -6.55. The van der Waals surface area contributed by atoms with E-state index in [0.29, 0.717) is 50.6 Å². The van der Waals surface area contributed by atoms with E-state index in [0.717, 1.165) is 22.9 Å². The van der Waals surface area contributed by atoms with Gasteiger partial charge >= 0.3 is 6.18 Å². The molecule has 10 heteroatoms. The molecule has 0 fully saturated rings. The van der Waals surface area contributed by atoms with Gasteiger partial charge in [-0.2, -0.15) is 13.2 Å². The van der Waals surface area contributed by atoms with Crippen molar-refractivity contribution in [2.75, 3.05) is 15.5 Å². The Morgan fingerprint density at radius 2 is 1.00 bits per heavy atom. The Labute approximate surface area is 291 Å². The minimum Gasteiger partial charge on any atom is -0.320 e. The lowest BCUT2D eigenvalue weighted by Crippen LogP contribution is -2.23. The smallest absolute Gasteiger partial charge is 0.320 e. The molecule has 2 aromatic heterocycles. The Balaban J connectivity index is 1.39. The zero-order valence-electron chi connectivity index (χ0n) is 27.5. The highest BCUT2D eigenvalue weighted by molar-refractivity contribution is 6.15. The minimum atomic E-state index is -4.56. The van der Waals surface area contributed by atoms with Crippen molar-refractivity contribution in [1.82, 2.24) is 9.97 Å². The number of aryl methyl sites for hydroxylation is 2. The molecular weight excluding hydrogens is 651 g/mol. The minimum absolute atomic E-state index is 0.261. The molecule has 252 valence electrons. The predicted octanol–water partition coefficient (Wildman–Crippen LogP) is 10.4. The van der Waals surface area contributed by atoms with Crippen molar-refractivity contribution < 1.29 is 22.8 Å². The number of hydrogen-bond donors (Lipinski definition) is 2. The van der Waals surface area contributed by atoms with E-state index in [9.17, 15) is 22.8 Å². The zero-order valence-corrected chi connectivity index (χ0v) is 27.5. The lowest BCUT2D eigenvalue weighted by atomic mass is 9.99. The van der Waals surface area contributed by atoms with Crippen molar-refractivity contribution in [2.24, 2.45) is 0 Å². The van der Waals surface area contributed by atoms with Crippen molar-refractivity contribution in [1.29, 1.82) is 0 Å². The second-order valence-electron chi connectivity index (χ2n) is 12.0. The van der Waals surface area contributed by atoms with E-state index in [1.54, 1.807) is 79.7 Å². The van der Waals surface area contributed by atoms with E-state index in [1.165, 1.54) is 12.1 Å². The van der Waals surface area contributed by atoms with Gasteiger partial charge in [0.15, 0.2) is 0 Å². The number of para-hydroxylation sites is 2. The zero-order chi connectivity index (χ0) is 35.7. The molecule has 0 aliphatic rings. The van der Waals surface area contributed by atoms with Gasteiger partial charge < -0.3 is 15.5 Å². The van der Waals surface area contributed by atoms with Crippen molar-refractivity contribution in [2.45, 2.75) is 20.0 Å². The van der Waals surface area contributed by atoms with E-state index in [-0.39, 0.29) is 11.1 Å². The van der Waals surface area contributed by atoms with Crippen LogP contribution in [-0.4, -0.2) is 21.8 Å². The second kappa shape index (κ2) is 13.4. The average Bonchev–Trinajstić information content (AvgIpc) is 3.12. The molecule has 0 spiro atoms. The van der Waals surface area contributed by atoms with Crippen LogP contribution in [0, 0.1) is 13.8 Å². The van der Waals surface area contributed by atoms with E-state index >= 15 is 0 Å². The Morgan fingerprint density at radius 1 is 0.569 bits per heavy atom. The first-order valence-electron chi connectivity index (χ1n) is 16.1. The van der Waals surface area contributed by atoms with Gasteiger partial charge in [-0.1, -0.05) is 60.7 Å². The van der Waals surface area contributed by atoms with Gasteiger partial charge in [-0.15, -0.1) is 0 Å². The molecular formula is C41H30F3N5O2. The van der Waals surface area contributed by atoms with Gasteiger partial charge in [-0.25, -0.2) is 0 Å². The maximum atomic E-state index is 14.3. The molecule has 0 radical (unpaired) electrons. The number of nitrogens with one attached hydrogen (secondary N) is 2. The molecule has 0 bridgehead atoms. The summed E-state index contributed by atoms with van der Waals surface area (Å²) in [6.45, 7) is 3.56. The molecule has 0 atom stereocenters. The highest BCUT2D eigenvalue weighted by Gasteiger charge is 2.31. The summed E-state index contributed by atoms with van der Waals surface area (Å²) >= 11 is 0. The van der Waals surface area contributed by atoms with Crippen LogP contribution in [0.5, 0.6) is 0 Å². The molecule has 0 aliphatic carbocycles. The van der Waals surface area contributed by atoms with Crippen molar-refractivity contribution >= 4 is 62.1 Å². The second-order valence-corrected chi connectivity index (χ2v) is 12.0.